The molecule has 2 saturated carbocycles. The van der Waals surface area contributed by atoms with Gasteiger partial charge in [-0.2, -0.15) is 0 Å². The molecule has 2 aliphatic rings. The Morgan fingerprint density at radius 2 is 1.53 bits per heavy atom. The van der Waals surface area contributed by atoms with Crippen LogP contribution in [0.2, 0.25) is 0 Å². The van der Waals surface area contributed by atoms with E-state index in [4.69, 9.17) is 0 Å². The van der Waals surface area contributed by atoms with Crippen molar-refractivity contribution in [3.05, 3.63) is 0 Å². The lowest BCUT2D eigenvalue weighted by molar-refractivity contribution is -0.0223. The van der Waals surface area contributed by atoms with Gasteiger partial charge in [0, 0.05) is 0 Å². The highest BCUT2D eigenvalue weighted by Crippen LogP contribution is 2.46. The normalized spacial score (nSPS) is 23.5. The highest BCUT2D eigenvalue weighted by Gasteiger charge is 2.39. The molecule has 17 heavy (non-hydrogen) atoms. The highest BCUT2D eigenvalue weighted by molar-refractivity contribution is 4.90. The quantitative estimate of drug-likeness (QED) is 0.616. The van der Waals surface area contributed by atoms with Crippen LogP contribution in [0.15, 0.2) is 0 Å². The lowest BCUT2D eigenvalue weighted by atomic mass is 9.62. The largest absolute Gasteiger partial charge is 0.393 e. The number of unbranched alkanes of at least 4 members (excludes halogenated alkanes) is 3. The van der Waals surface area contributed by atoms with E-state index >= 15 is 0 Å². The van der Waals surface area contributed by atoms with Crippen molar-refractivity contribution < 1.29 is 5.11 Å². The molecule has 0 aromatic rings. The summed E-state index contributed by atoms with van der Waals surface area (Å²) in [6, 6.07) is 0. The molecule has 0 aromatic carbocycles. The van der Waals surface area contributed by atoms with Crippen LogP contribution in [0.3, 0.4) is 0 Å². The van der Waals surface area contributed by atoms with Gasteiger partial charge in [0.1, 0.15) is 0 Å². The van der Waals surface area contributed by atoms with Crippen molar-refractivity contribution in [1.29, 1.82) is 0 Å². The second kappa shape index (κ2) is 6.78. The highest BCUT2D eigenvalue weighted by atomic mass is 16.3. The van der Waals surface area contributed by atoms with E-state index in [0.717, 1.165) is 18.3 Å². The fraction of sp³-hybridized carbons (Fsp3) is 1.00. The van der Waals surface area contributed by atoms with Gasteiger partial charge in [0.25, 0.3) is 0 Å². The van der Waals surface area contributed by atoms with Crippen LogP contribution in [0.4, 0.5) is 0 Å². The van der Waals surface area contributed by atoms with Gasteiger partial charge in [0.15, 0.2) is 0 Å². The number of rotatable bonds is 8. The zero-order valence-corrected chi connectivity index (χ0v) is 11.5. The summed E-state index contributed by atoms with van der Waals surface area (Å²) >= 11 is 0. The topological polar surface area (TPSA) is 20.2 Å². The molecule has 1 unspecified atom stereocenters. The number of hydrogen-bond acceptors (Lipinski definition) is 1. The Morgan fingerprint density at radius 1 is 0.941 bits per heavy atom. The average Bonchev–Trinajstić information content (AvgIpc) is 2.18. The van der Waals surface area contributed by atoms with Crippen LogP contribution in [-0.2, 0) is 0 Å². The van der Waals surface area contributed by atoms with E-state index < -0.39 is 0 Å². The van der Waals surface area contributed by atoms with Crippen molar-refractivity contribution in [2.75, 3.05) is 0 Å². The Morgan fingerprint density at radius 3 is 1.94 bits per heavy atom. The van der Waals surface area contributed by atoms with Crippen LogP contribution in [0.1, 0.15) is 77.6 Å². The van der Waals surface area contributed by atoms with Gasteiger partial charge in [-0.05, 0) is 24.2 Å². The number of aliphatic hydroxyl groups excluding tert-OH is 1. The zero-order valence-electron chi connectivity index (χ0n) is 11.5. The maximum absolute atomic E-state index is 10.5. The van der Waals surface area contributed by atoms with Crippen molar-refractivity contribution in [1.82, 2.24) is 0 Å². The van der Waals surface area contributed by atoms with Crippen molar-refractivity contribution in [2.45, 2.75) is 83.7 Å². The summed E-state index contributed by atoms with van der Waals surface area (Å²) in [5, 5.41) is 10.5. The predicted octanol–water partition coefficient (Wildman–Crippen LogP) is 4.53. The van der Waals surface area contributed by atoms with Crippen LogP contribution in [0, 0.1) is 17.8 Å². The minimum Gasteiger partial charge on any atom is -0.393 e. The maximum Gasteiger partial charge on any atom is 0.0573 e. The van der Waals surface area contributed by atoms with Crippen molar-refractivity contribution >= 4 is 0 Å². The van der Waals surface area contributed by atoms with E-state index in [1.165, 1.54) is 64.2 Å². The zero-order chi connectivity index (χ0) is 12.1. The third-order valence-corrected chi connectivity index (χ3v) is 5.19. The van der Waals surface area contributed by atoms with Crippen molar-refractivity contribution in [3.63, 3.8) is 0 Å². The smallest absolute Gasteiger partial charge is 0.0573 e. The van der Waals surface area contributed by atoms with Gasteiger partial charge < -0.3 is 5.11 Å². The Hall–Kier alpha value is -0.0400. The first-order valence-corrected chi connectivity index (χ1v) is 8.01. The molecule has 0 radical (unpaired) electrons. The van der Waals surface area contributed by atoms with Crippen LogP contribution < -0.4 is 0 Å². The molecule has 0 saturated heterocycles. The van der Waals surface area contributed by atoms with Gasteiger partial charge in [-0.25, -0.2) is 0 Å². The molecule has 1 N–H and O–H groups in total. The third-order valence-electron chi connectivity index (χ3n) is 5.19. The van der Waals surface area contributed by atoms with E-state index in [2.05, 4.69) is 6.92 Å². The van der Waals surface area contributed by atoms with E-state index in [1.807, 2.05) is 0 Å². The monoisotopic (exact) mass is 238 g/mol. The van der Waals surface area contributed by atoms with Gasteiger partial charge in [-0.1, -0.05) is 71.1 Å². The van der Waals surface area contributed by atoms with Gasteiger partial charge in [-0.3, -0.25) is 0 Å². The molecule has 2 fully saturated rings. The Bertz CT molecular complexity index is 192. The van der Waals surface area contributed by atoms with Crippen LogP contribution in [0.5, 0.6) is 0 Å². The van der Waals surface area contributed by atoms with E-state index in [-0.39, 0.29) is 6.10 Å². The minimum atomic E-state index is 0.0162. The summed E-state index contributed by atoms with van der Waals surface area (Å²) in [6.07, 6.45) is 14.7. The maximum atomic E-state index is 10.5. The molecule has 100 valence electrons. The summed E-state index contributed by atoms with van der Waals surface area (Å²) < 4.78 is 0. The molecule has 2 aliphatic carbocycles. The number of hydrogen-bond donors (Lipinski definition) is 1. The fourth-order valence-electron chi connectivity index (χ4n) is 3.64. The lowest BCUT2D eigenvalue weighted by Crippen LogP contribution is -2.40. The van der Waals surface area contributed by atoms with E-state index in [1.54, 1.807) is 0 Å². The first-order valence-electron chi connectivity index (χ1n) is 8.01. The summed E-state index contributed by atoms with van der Waals surface area (Å²) in [5.41, 5.74) is 0. The molecular formula is C16H30O. The molecule has 0 bridgehead atoms. The second-order valence-corrected chi connectivity index (χ2v) is 6.38. The summed E-state index contributed by atoms with van der Waals surface area (Å²) in [5.74, 6) is 2.42. The Kier molecular flexibility index (Phi) is 5.34. The molecule has 1 atom stereocenters. The summed E-state index contributed by atoms with van der Waals surface area (Å²) in [4.78, 5) is 0. The molecule has 2 rings (SSSR count). The second-order valence-electron chi connectivity index (χ2n) is 6.38. The van der Waals surface area contributed by atoms with Gasteiger partial charge >= 0.3 is 0 Å². The van der Waals surface area contributed by atoms with E-state index in [9.17, 15) is 5.11 Å². The standard InChI is InChI=1S/C16H30O/c1-2-3-4-5-12-15(17)16(13-8-6-9-13)14-10-7-11-14/h13-17H,2-12H2,1H3. The van der Waals surface area contributed by atoms with Crippen molar-refractivity contribution in [3.8, 4) is 0 Å². The third kappa shape index (κ3) is 3.47. The molecule has 1 heteroatoms. The van der Waals surface area contributed by atoms with Gasteiger partial charge in [-0.15, -0.1) is 0 Å². The van der Waals surface area contributed by atoms with Crippen LogP contribution in [-0.4, -0.2) is 11.2 Å². The molecule has 0 amide bonds. The summed E-state index contributed by atoms with van der Waals surface area (Å²) in [6.45, 7) is 2.25. The van der Waals surface area contributed by atoms with Gasteiger partial charge in [0.2, 0.25) is 0 Å². The Balaban J connectivity index is 1.73. The first kappa shape index (κ1) is 13.4. The molecule has 0 spiro atoms. The van der Waals surface area contributed by atoms with Crippen LogP contribution in [0.25, 0.3) is 0 Å². The van der Waals surface area contributed by atoms with E-state index in [0.29, 0.717) is 5.92 Å². The lowest BCUT2D eigenvalue weighted by Gasteiger charge is -2.45. The summed E-state index contributed by atoms with van der Waals surface area (Å²) in [7, 11) is 0. The first-order chi connectivity index (χ1) is 8.33. The molecule has 0 aromatic heterocycles. The predicted molar refractivity (Wildman–Crippen MR) is 72.9 cm³/mol. The molecule has 1 nitrogen and oxygen atoms in total. The van der Waals surface area contributed by atoms with Gasteiger partial charge in [0.05, 0.1) is 6.10 Å². The minimum absolute atomic E-state index is 0.0162. The SMILES string of the molecule is CCCCCCC(O)C(C1CCC1)C1CCC1. The average molecular weight is 238 g/mol. The molecule has 0 heterocycles. The molecular weight excluding hydrogens is 208 g/mol. The molecule has 0 aliphatic heterocycles. The van der Waals surface area contributed by atoms with Crippen molar-refractivity contribution in [2.24, 2.45) is 17.8 Å². The fourth-order valence-corrected chi connectivity index (χ4v) is 3.64. The Labute approximate surface area is 107 Å². The van der Waals surface area contributed by atoms with Crippen LogP contribution >= 0.6 is 0 Å². The number of aliphatic hydroxyl groups is 1.